The molecule has 0 aliphatic rings. The molecule has 0 saturated heterocycles. The first-order valence-electron chi connectivity index (χ1n) is 11.8. The molecule has 0 unspecified atom stereocenters. The summed E-state index contributed by atoms with van der Waals surface area (Å²) in [6.07, 6.45) is 2.83. The van der Waals surface area contributed by atoms with Gasteiger partial charge < -0.3 is 10.2 Å². The van der Waals surface area contributed by atoms with Crippen LogP contribution in [-0.4, -0.2) is 50.5 Å². The van der Waals surface area contributed by atoms with Crippen molar-refractivity contribution in [3.8, 4) is 0 Å². The summed E-state index contributed by atoms with van der Waals surface area (Å²) in [7, 11) is -3.75. The first kappa shape index (κ1) is 28.7. The number of nitrogens with one attached hydrogen (secondary N) is 1. The van der Waals surface area contributed by atoms with Crippen LogP contribution >= 0.6 is 11.6 Å². The van der Waals surface area contributed by atoms with E-state index in [1.54, 1.807) is 43.3 Å². The average molecular weight is 522 g/mol. The Balaban J connectivity index is 2.34. The van der Waals surface area contributed by atoms with Gasteiger partial charge in [0, 0.05) is 18.1 Å². The molecule has 1 atom stereocenters. The number of amides is 2. The number of benzene rings is 2. The van der Waals surface area contributed by atoms with E-state index in [0.29, 0.717) is 23.2 Å². The molecule has 2 aromatic rings. The van der Waals surface area contributed by atoms with Gasteiger partial charge in [0.1, 0.15) is 12.6 Å². The zero-order valence-electron chi connectivity index (χ0n) is 21.1. The van der Waals surface area contributed by atoms with E-state index in [-0.39, 0.29) is 12.5 Å². The lowest BCUT2D eigenvalue weighted by atomic mass is 10.0. The minimum atomic E-state index is -3.75. The lowest BCUT2D eigenvalue weighted by molar-refractivity contribution is -0.139. The predicted octanol–water partition coefficient (Wildman–Crippen LogP) is 4.56. The van der Waals surface area contributed by atoms with Gasteiger partial charge in [-0.1, -0.05) is 63.1 Å². The van der Waals surface area contributed by atoms with Crippen molar-refractivity contribution >= 4 is 39.1 Å². The maximum Gasteiger partial charge on any atom is 0.244 e. The zero-order valence-corrected chi connectivity index (χ0v) is 22.7. The third kappa shape index (κ3) is 8.54. The Bertz CT molecular complexity index is 1090. The van der Waals surface area contributed by atoms with Crippen molar-refractivity contribution in [2.75, 3.05) is 23.7 Å². The number of hydrogen-bond acceptors (Lipinski definition) is 4. The molecule has 0 heterocycles. The van der Waals surface area contributed by atoms with E-state index < -0.39 is 28.5 Å². The van der Waals surface area contributed by atoms with Gasteiger partial charge >= 0.3 is 0 Å². The molecule has 7 nitrogen and oxygen atoms in total. The molecule has 2 rings (SSSR count). The van der Waals surface area contributed by atoms with Crippen LogP contribution in [0, 0.1) is 0 Å². The van der Waals surface area contributed by atoms with Gasteiger partial charge in [-0.25, -0.2) is 8.42 Å². The van der Waals surface area contributed by atoms with Crippen molar-refractivity contribution in [2.24, 2.45) is 0 Å². The van der Waals surface area contributed by atoms with Crippen molar-refractivity contribution in [1.29, 1.82) is 0 Å². The Morgan fingerprint density at radius 1 is 1.00 bits per heavy atom. The fraction of sp³-hybridized carbons (Fsp3) is 0.462. The number of unbranched alkanes of at least 4 members (excludes halogenated alkanes) is 1. The molecule has 192 valence electrons. The van der Waals surface area contributed by atoms with E-state index in [2.05, 4.69) is 19.2 Å². The van der Waals surface area contributed by atoms with E-state index in [1.165, 1.54) is 4.90 Å². The molecule has 0 spiro atoms. The largest absolute Gasteiger partial charge is 0.354 e. The van der Waals surface area contributed by atoms with E-state index >= 15 is 0 Å². The van der Waals surface area contributed by atoms with Crippen LogP contribution in [0.4, 0.5) is 5.69 Å². The van der Waals surface area contributed by atoms with Gasteiger partial charge in [0.25, 0.3) is 0 Å². The highest BCUT2D eigenvalue weighted by Gasteiger charge is 2.30. The molecule has 9 heteroatoms. The smallest absolute Gasteiger partial charge is 0.244 e. The van der Waals surface area contributed by atoms with Crippen LogP contribution < -0.4 is 9.62 Å². The van der Waals surface area contributed by atoms with Gasteiger partial charge in [-0.3, -0.25) is 13.9 Å². The zero-order chi connectivity index (χ0) is 26.2. The van der Waals surface area contributed by atoms with Gasteiger partial charge in [0.2, 0.25) is 21.8 Å². The highest BCUT2D eigenvalue weighted by Crippen LogP contribution is 2.23. The molecular formula is C26H36ClN3O4S. The van der Waals surface area contributed by atoms with Crippen molar-refractivity contribution in [2.45, 2.75) is 59.0 Å². The van der Waals surface area contributed by atoms with Crippen molar-refractivity contribution in [1.82, 2.24) is 10.2 Å². The van der Waals surface area contributed by atoms with Gasteiger partial charge in [0.15, 0.2) is 0 Å². The molecule has 35 heavy (non-hydrogen) atoms. The summed E-state index contributed by atoms with van der Waals surface area (Å²) in [5.74, 6) is -0.469. The SMILES string of the molecule is CCCCNC(=O)[C@H](C)N(Cc1ccc(Cl)cc1)C(=O)CN(c1ccc(C(C)C)cc1)S(C)(=O)=O. The normalized spacial score (nSPS) is 12.3. The first-order valence-corrected chi connectivity index (χ1v) is 14.1. The summed E-state index contributed by atoms with van der Waals surface area (Å²) in [4.78, 5) is 27.7. The molecular weight excluding hydrogens is 486 g/mol. The average Bonchev–Trinajstić information content (AvgIpc) is 2.81. The third-order valence-electron chi connectivity index (χ3n) is 5.79. The van der Waals surface area contributed by atoms with Crippen LogP contribution in [0.3, 0.4) is 0 Å². The minimum Gasteiger partial charge on any atom is -0.354 e. The van der Waals surface area contributed by atoms with E-state index in [0.717, 1.165) is 34.5 Å². The van der Waals surface area contributed by atoms with Gasteiger partial charge in [-0.2, -0.15) is 0 Å². The summed E-state index contributed by atoms with van der Waals surface area (Å²) < 4.78 is 26.4. The molecule has 2 aromatic carbocycles. The van der Waals surface area contributed by atoms with Crippen LogP contribution in [0.15, 0.2) is 48.5 Å². The lowest BCUT2D eigenvalue weighted by Crippen LogP contribution is -2.51. The number of halogens is 1. The highest BCUT2D eigenvalue weighted by molar-refractivity contribution is 7.92. The summed E-state index contributed by atoms with van der Waals surface area (Å²) in [6, 6.07) is 13.3. The molecule has 0 aliphatic carbocycles. The van der Waals surface area contributed by atoms with Gasteiger partial charge in [-0.15, -0.1) is 0 Å². The Hall–Kier alpha value is -2.58. The minimum absolute atomic E-state index is 0.141. The summed E-state index contributed by atoms with van der Waals surface area (Å²) in [6.45, 7) is 8.02. The number of hydrogen-bond donors (Lipinski definition) is 1. The number of carbonyl (C=O) groups excluding carboxylic acids is 2. The molecule has 1 N–H and O–H groups in total. The molecule has 0 bridgehead atoms. The van der Waals surface area contributed by atoms with Crippen LogP contribution in [0.1, 0.15) is 57.6 Å². The summed E-state index contributed by atoms with van der Waals surface area (Å²) in [5, 5.41) is 3.42. The third-order valence-corrected chi connectivity index (χ3v) is 7.18. The molecule has 0 fully saturated rings. The second kappa shape index (κ2) is 12.9. The fourth-order valence-electron chi connectivity index (χ4n) is 3.54. The Labute approximate surface area is 214 Å². The maximum atomic E-state index is 13.5. The Morgan fingerprint density at radius 3 is 2.11 bits per heavy atom. The summed E-state index contributed by atoms with van der Waals surface area (Å²) >= 11 is 5.99. The number of rotatable bonds is 12. The molecule has 0 radical (unpaired) electrons. The summed E-state index contributed by atoms with van der Waals surface area (Å²) in [5.41, 5.74) is 2.25. The first-order chi connectivity index (χ1) is 16.4. The standard InChI is InChI=1S/C26H36ClN3O4S/c1-6-7-16-28-26(32)20(4)29(17-21-8-12-23(27)13-9-21)25(31)18-30(35(5,33)34)24-14-10-22(11-15-24)19(2)3/h8-15,19-20H,6-7,16-18H2,1-5H3,(H,28,32)/t20-/m0/s1. The predicted molar refractivity (Wildman–Crippen MR) is 142 cm³/mol. The number of nitrogens with zero attached hydrogens (tertiary/aromatic N) is 2. The quantitative estimate of drug-likeness (QED) is 0.415. The van der Waals surface area contributed by atoms with Crippen molar-refractivity contribution in [3.63, 3.8) is 0 Å². The second-order valence-electron chi connectivity index (χ2n) is 8.98. The monoisotopic (exact) mass is 521 g/mol. The molecule has 0 aliphatic heterocycles. The van der Waals surface area contributed by atoms with Gasteiger partial charge in [0.05, 0.1) is 11.9 Å². The lowest BCUT2D eigenvalue weighted by Gasteiger charge is -2.31. The van der Waals surface area contributed by atoms with Crippen LogP contribution in [0.2, 0.25) is 5.02 Å². The highest BCUT2D eigenvalue weighted by atomic mass is 35.5. The Morgan fingerprint density at radius 2 is 1.60 bits per heavy atom. The second-order valence-corrected chi connectivity index (χ2v) is 11.3. The topological polar surface area (TPSA) is 86.8 Å². The van der Waals surface area contributed by atoms with Crippen molar-refractivity contribution in [3.05, 3.63) is 64.7 Å². The molecule has 0 saturated carbocycles. The number of carbonyl (C=O) groups is 2. The molecule has 0 aromatic heterocycles. The van der Waals surface area contributed by atoms with E-state index in [1.807, 2.05) is 19.1 Å². The van der Waals surface area contributed by atoms with E-state index in [4.69, 9.17) is 11.6 Å². The fourth-order valence-corrected chi connectivity index (χ4v) is 4.52. The van der Waals surface area contributed by atoms with E-state index in [9.17, 15) is 18.0 Å². The van der Waals surface area contributed by atoms with Gasteiger partial charge in [-0.05, 0) is 54.7 Å². The van der Waals surface area contributed by atoms with Crippen LogP contribution in [-0.2, 0) is 26.2 Å². The number of sulfonamides is 1. The number of anilines is 1. The Kier molecular flexibility index (Phi) is 10.6. The van der Waals surface area contributed by atoms with Crippen molar-refractivity contribution < 1.29 is 18.0 Å². The van der Waals surface area contributed by atoms with Crippen LogP contribution in [0.25, 0.3) is 0 Å². The molecule has 2 amide bonds. The maximum absolute atomic E-state index is 13.5. The van der Waals surface area contributed by atoms with Crippen LogP contribution in [0.5, 0.6) is 0 Å².